The smallest absolute Gasteiger partial charge is 0.402 e. The standard InChI is InChI=1S/C22H8BF15O4/c24-7-4(8(25)14(31)19(36)13(7)30)3(42-23(40)41)1-2-22(39,5-9(26)15(32)20(37)16(33)10(5)27)6-11(28)17(34)21(38)18(35)12(6)29/h3,39-41H,1-2H2. The Labute approximate surface area is 222 Å². The molecular formula is C22H8BF15O4. The minimum atomic E-state index is -4.63. The van der Waals surface area contributed by atoms with Crippen LogP contribution >= 0.6 is 0 Å². The van der Waals surface area contributed by atoms with Gasteiger partial charge in [-0.2, -0.15) is 0 Å². The summed E-state index contributed by atoms with van der Waals surface area (Å²) in [5.74, 6) is -43.9. The van der Waals surface area contributed by atoms with E-state index in [0.29, 0.717) is 0 Å². The fourth-order valence-electron chi connectivity index (χ4n) is 3.98. The highest BCUT2D eigenvalue weighted by atomic mass is 19.2. The molecule has 0 saturated heterocycles. The maximum absolute atomic E-state index is 14.7. The topological polar surface area (TPSA) is 69.9 Å². The Balaban J connectivity index is 2.39. The molecule has 0 radical (unpaired) electrons. The van der Waals surface area contributed by atoms with Crippen LogP contribution in [0.5, 0.6) is 0 Å². The van der Waals surface area contributed by atoms with Crippen molar-refractivity contribution in [2.45, 2.75) is 24.5 Å². The van der Waals surface area contributed by atoms with Crippen molar-refractivity contribution in [3.63, 3.8) is 0 Å². The van der Waals surface area contributed by atoms with Gasteiger partial charge < -0.3 is 19.8 Å². The monoisotopic (exact) mass is 632 g/mol. The van der Waals surface area contributed by atoms with Crippen LogP contribution in [0.15, 0.2) is 0 Å². The molecule has 0 saturated carbocycles. The van der Waals surface area contributed by atoms with E-state index in [1.165, 1.54) is 0 Å². The number of hydrogen-bond acceptors (Lipinski definition) is 4. The van der Waals surface area contributed by atoms with Gasteiger partial charge in [0.15, 0.2) is 69.8 Å². The third kappa shape index (κ3) is 5.16. The van der Waals surface area contributed by atoms with E-state index in [4.69, 9.17) is 10.0 Å². The lowest BCUT2D eigenvalue weighted by Gasteiger charge is -2.33. The summed E-state index contributed by atoms with van der Waals surface area (Å²) in [6.45, 7) is 0. The van der Waals surface area contributed by atoms with Crippen molar-refractivity contribution < 1.29 is 85.7 Å². The molecule has 0 amide bonds. The van der Waals surface area contributed by atoms with Crippen molar-refractivity contribution in [2.24, 2.45) is 0 Å². The van der Waals surface area contributed by atoms with Gasteiger partial charge in [0, 0.05) is 0 Å². The summed E-state index contributed by atoms with van der Waals surface area (Å²) in [6.07, 6.45) is -7.10. The van der Waals surface area contributed by atoms with Crippen LogP contribution < -0.4 is 0 Å². The molecule has 0 fully saturated rings. The first-order chi connectivity index (χ1) is 19.3. The quantitative estimate of drug-likeness (QED) is 0.133. The largest absolute Gasteiger partial charge is 0.634 e. The van der Waals surface area contributed by atoms with Crippen LogP contribution in [0.1, 0.15) is 35.6 Å². The first-order valence-electron chi connectivity index (χ1n) is 10.6. The van der Waals surface area contributed by atoms with Crippen LogP contribution in [0.2, 0.25) is 0 Å². The molecule has 228 valence electrons. The lowest BCUT2D eigenvalue weighted by Crippen LogP contribution is -2.36. The van der Waals surface area contributed by atoms with Gasteiger partial charge in [-0.25, -0.2) is 65.9 Å². The fourth-order valence-corrected chi connectivity index (χ4v) is 3.98. The molecule has 20 heteroatoms. The first-order valence-corrected chi connectivity index (χ1v) is 10.6. The minimum absolute atomic E-state index is 1.88. The molecule has 0 aliphatic carbocycles. The summed E-state index contributed by atoms with van der Waals surface area (Å²) in [4.78, 5) is 0. The zero-order valence-electron chi connectivity index (χ0n) is 19.5. The Hall–Kier alpha value is -3.49. The second kappa shape index (κ2) is 11.7. The van der Waals surface area contributed by atoms with E-state index in [1.54, 1.807) is 0 Å². The van der Waals surface area contributed by atoms with Gasteiger partial charge in [-0.05, 0) is 12.8 Å². The highest BCUT2D eigenvalue weighted by Crippen LogP contribution is 2.45. The van der Waals surface area contributed by atoms with E-state index < -0.39 is 136 Å². The number of benzene rings is 3. The van der Waals surface area contributed by atoms with Crippen molar-refractivity contribution in [1.29, 1.82) is 0 Å². The molecule has 4 nitrogen and oxygen atoms in total. The number of hydrogen-bond donors (Lipinski definition) is 3. The molecule has 0 aliphatic rings. The van der Waals surface area contributed by atoms with Crippen molar-refractivity contribution in [3.05, 3.63) is 104 Å². The molecule has 0 aromatic heterocycles. The van der Waals surface area contributed by atoms with Crippen LogP contribution in [0, 0.1) is 87.3 Å². The zero-order valence-corrected chi connectivity index (χ0v) is 19.5. The lowest BCUT2D eigenvalue weighted by atomic mass is 9.79. The van der Waals surface area contributed by atoms with Gasteiger partial charge in [-0.3, -0.25) is 0 Å². The molecule has 3 rings (SSSR count). The highest BCUT2D eigenvalue weighted by Gasteiger charge is 2.48. The van der Waals surface area contributed by atoms with Crippen molar-refractivity contribution in [1.82, 2.24) is 0 Å². The second-order valence-electron chi connectivity index (χ2n) is 8.22. The Bertz CT molecular complexity index is 1430. The Kier molecular flexibility index (Phi) is 9.16. The average Bonchev–Trinajstić information content (AvgIpc) is 2.93. The predicted molar refractivity (Wildman–Crippen MR) is 105 cm³/mol. The van der Waals surface area contributed by atoms with Crippen molar-refractivity contribution in [2.75, 3.05) is 0 Å². The summed E-state index contributed by atoms with van der Waals surface area (Å²) in [5.41, 5.74) is -12.2. The molecule has 0 spiro atoms. The number of aliphatic hydroxyl groups is 1. The van der Waals surface area contributed by atoms with E-state index in [0.717, 1.165) is 0 Å². The summed E-state index contributed by atoms with van der Waals surface area (Å²) in [6, 6.07) is 0. The predicted octanol–water partition coefficient (Wildman–Crippen LogP) is 5.52. The van der Waals surface area contributed by atoms with E-state index in [2.05, 4.69) is 4.65 Å². The van der Waals surface area contributed by atoms with Gasteiger partial charge in [0.25, 0.3) is 0 Å². The molecule has 1 atom stereocenters. The number of halogens is 15. The summed E-state index contributed by atoms with van der Waals surface area (Å²) >= 11 is 0. The number of rotatable bonds is 8. The van der Waals surface area contributed by atoms with Gasteiger partial charge in [0.2, 0.25) is 17.5 Å². The van der Waals surface area contributed by atoms with E-state index in [1.807, 2.05) is 0 Å². The Morgan fingerprint density at radius 1 is 0.476 bits per heavy atom. The van der Waals surface area contributed by atoms with Crippen LogP contribution in [0.3, 0.4) is 0 Å². The molecule has 42 heavy (non-hydrogen) atoms. The first kappa shape index (κ1) is 33.0. The maximum Gasteiger partial charge on any atom is 0.634 e. The molecule has 3 aromatic carbocycles. The van der Waals surface area contributed by atoms with Gasteiger partial charge in [-0.1, -0.05) is 0 Å². The lowest BCUT2D eigenvalue weighted by molar-refractivity contribution is 0.0262. The van der Waals surface area contributed by atoms with Crippen molar-refractivity contribution in [3.8, 4) is 0 Å². The summed E-state index contributed by atoms with van der Waals surface area (Å²) in [7, 11) is -3.23. The maximum atomic E-state index is 14.7. The minimum Gasteiger partial charge on any atom is -0.402 e. The summed E-state index contributed by atoms with van der Waals surface area (Å²) in [5, 5.41) is 29.1. The molecule has 3 N–H and O–H groups in total. The summed E-state index contributed by atoms with van der Waals surface area (Å²) < 4.78 is 216. The third-order valence-electron chi connectivity index (χ3n) is 5.87. The van der Waals surface area contributed by atoms with Crippen molar-refractivity contribution >= 4 is 7.32 Å². The van der Waals surface area contributed by atoms with Gasteiger partial charge >= 0.3 is 7.32 Å². The van der Waals surface area contributed by atoms with Gasteiger partial charge in [0.1, 0.15) is 5.60 Å². The average molecular weight is 632 g/mol. The fraction of sp³-hybridized carbons (Fsp3) is 0.182. The van der Waals surface area contributed by atoms with Crippen LogP contribution in [-0.2, 0) is 10.3 Å². The third-order valence-corrected chi connectivity index (χ3v) is 5.87. The van der Waals surface area contributed by atoms with E-state index in [9.17, 15) is 71.0 Å². The molecule has 1 unspecified atom stereocenters. The molecule has 0 heterocycles. The molecule has 0 bridgehead atoms. The molecule has 3 aromatic rings. The second-order valence-corrected chi connectivity index (χ2v) is 8.22. The molecular weight excluding hydrogens is 624 g/mol. The van der Waals surface area contributed by atoms with Crippen LogP contribution in [-0.4, -0.2) is 22.5 Å². The Morgan fingerprint density at radius 3 is 1.02 bits per heavy atom. The van der Waals surface area contributed by atoms with Gasteiger partial charge in [0.05, 0.1) is 22.8 Å². The van der Waals surface area contributed by atoms with E-state index in [-0.39, 0.29) is 0 Å². The normalized spacial score (nSPS) is 12.7. The van der Waals surface area contributed by atoms with Crippen LogP contribution in [0.25, 0.3) is 0 Å². The van der Waals surface area contributed by atoms with Gasteiger partial charge in [-0.15, -0.1) is 0 Å². The molecule has 0 aliphatic heterocycles. The SMILES string of the molecule is OB(O)OC(CCC(O)(c1c(F)c(F)c(F)c(F)c1F)c1c(F)c(F)c(F)c(F)c1F)c1c(F)c(F)c(F)c(F)c1F. The van der Waals surface area contributed by atoms with Crippen LogP contribution in [0.4, 0.5) is 65.9 Å². The Morgan fingerprint density at radius 2 is 0.738 bits per heavy atom. The van der Waals surface area contributed by atoms with E-state index >= 15 is 0 Å². The zero-order chi connectivity index (χ0) is 32.2. The highest BCUT2D eigenvalue weighted by molar-refractivity contribution is 6.32.